The zero-order valence-electron chi connectivity index (χ0n) is 11.6. The number of hydrogen-bond donors (Lipinski definition) is 2. The number of piperidine rings is 1. The molecule has 1 aliphatic rings. The second kappa shape index (κ2) is 6.31. The maximum absolute atomic E-state index is 12.2. The van der Waals surface area contributed by atoms with E-state index in [0.717, 1.165) is 22.5 Å². The number of rotatable bonds is 5. The number of nitrogens with one attached hydrogen (secondary N) is 1. The van der Waals surface area contributed by atoms with Crippen LogP contribution in [0.15, 0.2) is 16.3 Å². The van der Waals surface area contributed by atoms with Crippen LogP contribution >= 0.6 is 11.3 Å². The van der Waals surface area contributed by atoms with Crippen LogP contribution in [0.1, 0.15) is 17.7 Å². The fourth-order valence-electron chi connectivity index (χ4n) is 2.20. The summed E-state index contributed by atoms with van der Waals surface area (Å²) in [6.07, 6.45) is 2.11. The maximum Gasteiger partial charge on any atom is 0.250 e. The van der Waals surface area contributed by atoms with E-state index in [1.165, 1.54) is 4.31 Å². The van der Waals surface area contributed by atoms with Crippen LogP contribution in [0.4, 0.5) is 0 Å². The minimum absolute atomic E-state index is 0.239. The highest BCUT2D eigenvalue weighted by atomic mass is 32.2. The lowest BCUT2D eigenvalue weighted by Crippen LogP contribution is -2.46. The van der Waals surface area contributed by atoms with Gasteiger partial charge in [-0.2, -0.15) is 0 Å². The van der Waals surface area contributed by atoms with E-state index >= 15 is 0 Å². The molecule has 1 aromatic rings. The number of nitrogens with two attached hydrogens (primary N) is 1. The van der Waals surface area contributed by atoms with Gasteiger partial charge in [-0.15, -0.1) is 11.3 Å². The molecule has 1 fully saturated rings. The first kappa shape index (κ1) is 16.8. The van der Waals surface area contributed by atoms with Crippen molar-refractivity contribution in [3.05, 3.63) is 17.0 Å². The molecule has 0 atom stereocenters. The third-order valence-corrected chi connectivity index (χ3v) is 7.77. The van der Waals surface area contributed by atoms with Crippen molar-refractivity contribution < 1.29 is 16.8 Å². The maximum atomic E-state index is 12.2. The van der Waals surface area contributed by atoms with Crippen LogP contribution < -0.4 is 10.5 Å². The van der Waals surface area contributed by atoms with Crippen LogP contribution in [0.2, 0.25) is 0 Å². The Morgan fingerprint density at radius 3 is 2.38 bits per heavy atom. The number of sulfonamides is 2. The molecule has 0 spiro atoms. The van der Waals surface area contributed by atoms with E-state index < -0.39 is 20.0 Å². The Morgan fingerprint density at radius 2 is 1.90 bits per heavy atom. The van der Waals surface area contributed by atoms with Crippen molar-refractivity contribution in [1.82, 2.24) is 9.03 Å². The minimum Gasteiger partial charge on any atom is -0.326 e. The van der Waals surface area contributed by atoms with Crippen molar-refractivity contribution in [2.45, 2.75) is 29.6 Å². The van der Waals surface area contributed by atoms with Gasteiger partial charge in [0.2, 0.25) is 20.0 Å². The standard InChI is InChI=1S/C11H19N3O4S3/c1-20(15,16)14-6-4-9(5-7-14)13-21(17,18)11-3-2-10(8-12)19-11/h2-3,9,13H,4-8,12H2,1H3. The van der Waals surface area contributed by atoms with Gasteiger partial charge in [0, 0.05) is 30.6 Å². The van der Waals surface area contributed by atoms with Crippen LogP contribution in [0.3, 0.4) is 0 Å². The molecule has 0 amide bonds. The predicted molar refractivity (Wildman–Crippen MR) is 82.0 cm³/mol. The molecule has 0 aromatic carbocycles. The Hall–Kier alpha value is -0.520. The summed E-state index contributed by atoms with van der Waals surface area (Å²) in [4.78, 5) is 0.808. The van der Waals surface area contributed by atoms with Gasteiger partial charge in [0.05, 0.1) is 6.26 Å². The normalized spacial score (nSPS) is 19.0. The first-order chi connectivity index (χ1) is 9.72. The molecule has 0 saturated carbocycles. The van der Waals surface area contributed by atoms with E-state index in [2.05, 4.69) is 4.72 Å². The number of nitrogens with zero attached hydrogens (tertiary/aromatic N) is 1. The van der Waals surface area contributed by atoms with Crippen LogP contribution in [-0.4, -0.2) is 46.5 Å². The third-order valence-electron chi connectivity index (χ3n) is 3.35. The fourth-order valence-corrected chi connectivity index (χ4v) is 5.63. The van der Waals surface area contributed by atoms with Crippen molar-refractivity contribution in [3.8, 4) is 0 Å². The van der Waals surface area contributed by atoms with E-state index in [0.29, 0.717) is 32.5 Å². The Kier molecular flexibility index (Phi) is 5.06. The summed E-state index contributed by atoms with van der Waals surface area (Å²) in [6, 6.07) is 3.00. The lowest BCUT2D eigenvalue weighted by Gasteiger charge is -2.30. The Labute approximate surface area is 129 Å². The number of hydrogen-bond acceptors (Lipinski definition) is 6. The molecule has 21 heavy (non-hydrogen) atoms. The third kappa shape index (κ3) is 4.24. The summed E-state index contributed by atoms with van der Waals surface area (Å²) in [6.45, 7) is 0.988. The van der Waals surface area contributed by atoms with Crippen molar-refractivity contribution >= 4 is 31.4 Å². The van der Waals surface area contributed by atoms with Gasteiger partial charge in [0.25, 0.3) is 0 Å². The highest BCUT2D eigenvalue weighted by molar-refractivity contribution is 7.91. The van der Waals surface area contributed by atoms with Crippen LogP contribution in [0.5, 0.6) is 0 Å². The molecule has 10 heteroatoms. The van der Waals surface area contributed by atoms with Gasteiger partial charge in [-0.05, 0) is 25.0 Å². The molecule has 2 heterocycles. The molecular weight excluding hydrogens is 334 g/mol. The SMILES string of the molecule is CS(=O)(=O)N1CCC(NS(=O)(=O)c2ccc(CN)s2)CC1. The average Bonchev–Trinajstić information content (AvgIpc) is 2.87. The predicted octanol–water partition coefficient (Wildman–Crippen LogP) is -0.0909. The Balaban J connectivity index is 1.99. The van der Waals surface area contributed by atoms with Crippen molar-refractivity contribution in [2.75, 3.05) is 19.3 Å². The van der Waals surface area contributed by atoms with Gasteiger partial charge in [-0.3, -0.25) is 0 Å². The second-order valence-electron chi connectivity index (χ2n) is 4.98. The molecule has 1 aromatic heterocycles. The van der Waals surface area contributed by atoms with E-state index in [-0.39, 0.29) is 10.3 Å². The molecule has 0 radical (unpaired) electrons. The topological polar surface area (TPSA) is 110 Å². The van der Waals surface area contributed by atoms with Gasteiger partial charge < -0.3 is 5.73 Å². The van der Waals surface area contributed by atoms with Crippen molar-refractivity contribution in [3.63, 3.8) is 0 Å². The lowest BCUT2D eigenvalue weighted by molar-refractivity contribution is 0.310. The molecule has 120 valence electrons. The largest absolute Gasteiger partial charge is 0.326 e. The molecule has 3 N–H and O–H groups in total. The van der Waals surface area contributed by atoms with E-state index in [1.807, 2.05) is 0 Å². The Morgan fingerprint density at radius 1 is 1.29 bits per heavy atom. The van der Waals surface area contributed by atoms with Crippen molar-refractivity contribution in [1.29, 1.82) is 0 Å². The quantitative estimate of drug-likeness (QED) is 0.769. The summed E-state index contributed by atoms with van der Waals surface area (Å²) < 4.78 is 51.6. The van der Waals surface area contributed by atoms with Gasteiger partial charge >= 0.3 is 0 Å². The molecular formula is C11H19N3O4S3. The first-order valence-electron chi connectivity index (χ1n) is 6.48. The smallest absolute Gasteiger partial charge is 0.250 e. The molecule has 0 unspecified atom stereocenters. The highest BCUT2D eigenvalue weighted by Crippen LogP contribution is 2.22. The molecule has 7 nitrogen and oxygen atoms in total. The summed E-state index contributed by atoms with van der Waals surface area (Å²) in [7, 11) is -6.76. The van der Waals surface area contributed by atoms with Gasteiger partial charge in [0.15, 0.2) is 0 Å². The van der Waals surface area contributed by atoms with Crippen LogP contribution in [0.25, 0.3) is 0 Å². The summed E-state index contributed by atoms with van der Waals surface area (Å²) in [5, 5.41) is 0. The highest BCUT2D eigenvalue weighted by Gasteiger charge is 2.28. The zero-order chi connectivity index (χ0) is 15.7. The van der Waals surface area contributed by atoms with Crippen LogP contribution in [-0.2, 0) is 26.6 Å². The van der Waals surface area contributed by atoms with Crippen molar-refractivity contribution in [2.24, 2.45) is 5.73 Å². The molecule has 0 bridgehead atoms. The van der Waals surface area contributed by atoms with E-state index in [1.54, 1.807) is 12.1 Å². The van der Waals surface area contributed by atoms with Gasteiger partial charge in [-0.1, -0.05) is 0 Å². The molecule has 0 aliphatic carbocycles. The van der Waals surface area contributed by atoms with Crippen LogP contribution in [0, 0.1) is 0 Å². The summed E-state index contributed by atoms with van der Waals surface area (Å²) in [5.74, 6) is 0. The summed E-state index contributed by atoms with van der Waals surface area (Å²) in [5.41, 5.74) is 5.48. The van der Waals surface area contributed by atoms with E-state index in [9.17, 15) is 16.8 Å². The molecule has 2 rings (SSSR count). The lowest BCUT2D eigenvalue weighted by atomic mass is 10.1. The fraction of sp³-hybridized carbons (Fsp3) is 0.636. The average molecular weight is 353 g/mol. The monoisotopic (exact) mass is 353 g/mol. The zero-order valence-corrected chi connectivity index (χ0v) is 14.1. The second-order valence-corrected chi connectivity index (χ2v) is 10.1. The number of thiophene rings is 1. The Bertz CT molecular complexity index is 688. The molecule has 1 saturated heterocycles. The molecule has 1 aliphatic heterocycles. The first-order valence-corrected chi connectivity index (χ1v) is 10.6. The minimum atomic E-state index is -3.56. The van der Waals surface area contributed by atoms with E-state index in [4.69, 9.17) is 5.73 Å². The van der Waals surface area contributed by atoms with Gasteiger partial charge in [-0.25, -0.2) is 25.9 Å². The summed E-state index contributed by atoms with van der Waals surface area (Å²) >= 11 is 1.15. The van der Waals surface area contributed by atoms with Gasteiger partial charge in [0.1, 0.15) is 4.21 Å².